The Balaban J connectivity index is 2.00. The number of rotatable bonds is 4. The van der Waals surface area contributed by atoms with Crippen LogP contribution in [0.2, 0.25) is 0 Å². The van der Waals surface area contributed by atoms with Gasteiger partial charge in [0.15, 0.2) is 0 Å². The molecule has 1 aliphatic heterocycles. The van der Waals surface area contributed by atoms with Crippen molar-refractivity contribution >= 4 is 11.6 Å². The van der Waals surface area contributed by atoms with Crippen LogP contribution in [-0.2, 0) is 11.2 Å². The number of anilines is 1. The molecule has 1 saturated heterocycles. The Morgan fingerprint density at radius 2 is 2.14 bits per heavy atom. The average Bonchev–Trinajstić information content (AvgIpc) is 2.50. The number of amides is 1. The Kier molecular flexibility index (Phi) is 4.98. The predicted molar refractivity (Wildman–Crippen MR) is 83.8 cm³/mol. The largest absolute Gasteiger partial charge is 0.326 e. The van der Waals surface area contributed by atoms with E-state index >= 15 is 0 Å². The molecule has 2 N–H and O–H groups in total. The third-order valence-electron chi connectivity index (χ3n) is 4.40. The van der Waals surface area contributed by atoms with E-state index in [-0.39, 0.29) is 5.91 Å². The number of nitriles is 1. The first-order chi connectivity index (χ1) is 10.0. The Labute approximate surface area is 126 Å². The van der Waals surface area contributed by atoms with Crippen molar-refractivity contribution in [2.24, 2.45) is 11.3 Å². The van der Waals surface area contributed by atoms with Crippen LogP contribution < -0.4 is 10.6 Å². The molecular formula is C17H23N3O. The second-order valence-electron chi connectivity index (χ2n) is 6.25. The molecular weight excluding hydrogens is 262 g/mol. The first-order valence-electron chi connectivity index (χ1n) is 7.52. The van der Waals surface area contributed by atoms with Crippen molar-refractivity contribution in [3.05, 3.63) is 29.8 Å². The molecule has 0 saturated carbocycles. The van der Waals surface area contributed by atoms with Gasteiger partial charge in [0, 0.05) is 11.1 Å². The van der Waals surface area contributed by atoms with Crippen LogP contribution in [0, 0.1) is 22.7 Å². The first-order valence-corrected chi connectivity index (χ1v) is 7.52. The summed E-state index contributed by atoms with van der Waals surface area (Å²) in [6.45, 7) is 5.99. The lowest BCUT2D eigenvalue weighted by Gasteiger charge is -2.36. The van der Waals surface area contributed by atoms with Gasteiger partial charge in [-0.15, -0.1) is 0 Å². The highest BCUT2D eigenvalue weighted by atomic mass is 16.2. The van der Waals surface area contributed by atoms with Crippen LogP contribution in [0.25, 0.3) is 0 Å². The smallest absolute Gasteiger partial charge is 0.230 e. The molecule has 1 aromatic rings. The molecule has 1 fully saturated rings. The predicted octanol–water partition coefficient (Wildman–Crippen LogP) is 2.72. The topological polar surface area (TPSA) is 64.9 Å². The lowest BCUT2D eigenvalue weighted by molar-refractivity contribution is -0.127. The van der Waals surface area contributed by atoms with Crippen LogP contribution in [0.1, 0.15) is 32.3 Å². The molecule has 1 aromatic carbocycles. The van der Waals surface area contributed by atoms with Crippen LogP contribution in [0.5, 0.6) is 0 Å². The molecule has 21 heavy (non-hydrogen) atoms. The van der Waals surface area contributed by atoms with E-state index in [1.165, 1.54) is 0 Å². The normalized spacial score (nSPS) is 18.8. The molecule has 0 bridgehead atoms. The van der Waals surface area contributed by atoms with Crippen molar-refractivity contribution in [2.75, 3.05) is 18.4 Å². The minimum Gasteiger partial charge on any atom is -0.326 e. The fourth-order valence-corrected chi connectivity index (χ4v) is 2.74. The minimum atomic E-state index is -0.390. The molecule has 1 aliphatic rings. The van der Waals surface area contributed by atoms with Gasteiger partial charge in [0.25, 0.3) is 0 Å². The summed E-state index contributed by atoms with van der Waals surface area (Å²) >= 11 is 0. The van der Waals surface area contributed by atoms with E-state index < -0.39 is 5.41 Å². The molecule has 0 aromatic heterocycles. The van der Waals surface area contributed by atoms with Gasteiger partial charge in [-0.3, -0.25) is 4.79 Å². The molecule has 0 spiro atoms. The zero-order valence-electron chi connectivity index (χ0n) is 12.8. The average molecular weight is 285 g/mol. The van der Waals surface area contributed by atoms with Gasteiger partial charge in [-0.25, -0.2) is 0 Å². The molecule has 1 unspecified atom stereocenters. The van der Waals surface area contributed by atoms with Crippen LogP contribution in [-0.4, -0.2) is 19.0 Å². The van der Waals surface area contributed by atoms with Crippen molar-refractivity contribution in [1.29, 1.82) is 5.26 Å². The van der Waals surface area contributed by atoms with Gasteiger partial charge in [-0.1, -0.05) is 26.0 Å². The van der Waals surface area contributed by atoms with Gasteiger partial charge in [0.05, 0.1) is 12.5 Å². The number of carbonyl (C=O) groups excluding carboxylic acids is 1. The Bertz CT molecular complexity index is 522. The molecule has 1 amide bonds. The number of benzene rings is 1. The van der Waals surface area contributed by atoms with E-state index in [1.54, 1.807) is 0 Å². The summed E-state index contributed by atoms with van der Waals surface area (Å²) < 4.78 is 0. The van der Waals surface area contributed by atoms with Crippen molar-refractivity contribution < 1.29 is 4.79 Å². The zero-order chi connectivity index (χ0) is 15.3. The van der Waals surface area contributed by atoms with Crippen molar-refractivity contribution in [3.63, 3.8) is 0 Å². The van der Waals surface area contributed by atoms with E-state index in [0.29, 0.717) is 12.3 Å². The van der Waals surface area contributed by atoms with Gasteiger partial charge in [0.1, 0.15) is 0 Å². The highest BCUT2D eigenvalue weighted by Crippen LogP contribution is 2.33. The monoisotopic (exact) mass is 285 g/mol. The standard InChI is InChI=1S/C17H23N3O/c1-17(2,14-4-3-11-19-12-14)16(21)20-15-7-5-13(6-8-15)9-10-18/h5-8,14,19H,3-4,9,11-12H2,1-2H3,(H,20,21). The van der Waals surface area contributed by atoms with Crippen molar-refractivity contribution in [2.45, 2.75) is 33.1 Å². The van der Waals surface area contributed by atoms with Crippen LogP contribution >= 0.6 is 0 Å². The highest BCUT2D eigenvalue weighted by molar-refractivity contribution is 5.95. The molecule has 0 aliphatic carbocycles. The molecule has 4 heteroatoms. The van der Waals surface area contributed by atoms with E-state index in [4.69, 9.17) is 5.26 Å². The maximum absolute atomic E-state index is 12.6. The van der Waals surface area contributed by atoms with E-state index in [2.05, 4.69) is 16.7 Å². The zero-order valence-corrected chi connectivity index (χ0v) is 12.8. The molecule has 2 rings (SSSR count). The number of hydrogen-bond acceptors (Lipinski definition) is 3. The number of hydrogen-bond donors (Lipinski definition) is 2. The van der Waals surface area contributed by atoms with E-state index in [9.17, 15) is 4.79 Å². The van der Waals surface area contributed by atoms with Crippen LogP contribution in [0.15, 0.2) is 24.3 Å². The molecule has 0 radical (unpaired) electrons. The number of nitrogens with zero attached hydrogens (tertiary/aromatic N) is 1. The second kappa shape index (κ2) is 6.73. The van der Waals surface area contributed by atoms with Gasteiger partial charge < -0.3 is 10.6 Å². The molecule has 112 valence electrons. The third kappa shape index (κ3) is 3.83. The fraction of sp³-hybridized carbons (Fsp3) is 0.529. The highest BCUT2D eigenvalue weighted by Gasteiger charge is 2.37. The summed E-state index contributed by atoms with van der Waals surface area (Å²) in [7, 11) is 0. The summed E-state index contributed by atoms with van der Waals surface area (Å²) in [4.78, 5) is 12.6. The molecule has 1 heterocycles. The molecule has 4 nitrogen and oxygen atoms in total. The Morgan fingerprint density at radius 1 is 1.43 bits per heavy atom. The van der Waals surface area contributed by atoms with Crippen molar-refractivity contribution in [3.8, 4) is 6.07 Å². The van der Waals surface area contributed by atoms with E-state index in [0.717, 1.165) is 37.2 Å². The quantitative estimate of drug-likeness (QED) is 0.894. The van der Waals surface area contributed by atoms with Gasteiger partial charge >= 0.3 is 0 Å². The second-order valence-corrected chi connectivity index (χ2v) is 6.25. The molecule has 1 atom stereocenters. The minimum absolute atomic E-state index is 0.0595. The fourth-order valence-electron chi connectivity index (χ4n) is 2.74. The summed E-state index contributed by atoms with van der Waals surface area (Å²) in [5, 5.41) is 15.0. The number of nitrogens with one attached hydrogen (secondary N) is 2. The summed E-state index contributed by atoms with van der Waals surface area (Å²) in [5.41, 5.74) is 1.36. The van der Waals surface area contributed by atoms with Gasteiger partial charge in [0.2, 0.25) is 5.91 Å². The van der Waals surface area contributed by atoms with Crippen LogP contribution in [0.3, 0.4) is 0 Å². The summed E-state index contributed by atoms with van der Waals surface area (Å²) in [6, 6.07) is 9.60. The van der Waals surface area contributed by atoms with Crippen LogP contribution in [0.4, 0.5) is 5.69 Å². The summed E-state index contributed by atoms with van der Waals surface area (Å²) in [5.74, 6) is 0.424. The lowest BCUT2D eigenvalue weighted by Crippen LogP contribution is -2.44. The van der Waals surface area contributed by atoms with E-state index in [1.807, 2.05) is 38.1 Å². The maximum Gasteiger partial charge on any atom is 0.230 e. The third-order valence-corrected chi connectivity index (χ3v) is 4.40. The van der Waals surface area contributed by atoms with Gasteiger partial charge in [-0.05, 0) is 49.5 Å². The Hall–Kier alpha value is -1.86. The summed E-state index contributed by atoms with van der Waals surface area (Å²) in [6.07, 6.45) is 2.62. The Morgan fingerprint density at radius 3 is 2.71 bits per heavy atom. The van der Waals surface area contributed by atoms with Gasteiger partial charge in [-0.2, -0.15) is 5.26 Å². The SMILES string of the molecule is CC(C)(C(=O)Nc1ccc(CC#N)cc1)C1CCCNC1. The first kappa shape index (κ1) is 15.5. The number of piperidine rings is 1. The lowest BCUT2D eigenvalue weighted by atomic mass is 9.74. The van der Waals surface area contributed by atoms with Crippen molar-refractivity contribution in [1.82, 2.24) is 5.32 Å². The maximum atomic E-state index is 12.6. The number of carbonyl (C=O) groups is 1.